The van der Waals surface area contributed by atoms with Gasteiger partial charge in [0.05, 0.1) is 0 Å². The van der Waals surface area contributed by atoms with E-state index in [2.05, 4.69) is 0 Å². The number of rotatable bonds is 3. The van der Waals surface area contributed by atoms with E-state index in [4.69, 9.17) is 0 Å². The third-order valence-electron chi connectivity index (χ3n) is 0.912. The Kier molecular flexibility index (Phi) is 7.41. The third kappa shape index (κ3) is 14.5. The molecule has 2 atom stereocenters. The Bertz CT molecular complexity index is 170. The molecule has 62 valence electrons. The van der Waals surface area contributed by atoms with Crippen LogP contribution < -0.4 is 9.79 Å². The van der Waals surface area contributed by atoms with E-state index in [1.165, 1.54) is 0 Å². The van der Waals surface area contributed by atoms with Crippen LogP contribution in [0.2, 0.25) is 0 Å². The van der Waals surface area contributed by atoms with Gasteiger partial charge in [0, 0.05) is 14.7 Å². The van der Waals surface area contributed by atoms with Crippen LogP contribution >= 0.6 is 14.7 Å². The smallest absolute Gasteiger partial charge is 0.799 e. The summed E-state index contributed by atoms with van der Waals surface area (Å²) in [4.78, 5) is 20.9. The van der Waals surface area contributed by atoms with Crippen LogP contribution in [0.3, 0.4) is 0 Å². The van der Waals surface area contributed by atoms with Crippen LogP contribution in [-0.4, -0.2) is 63.4 Å². The summed E-state index contributed by atoms with van der Waals surface area (Å²) in [6.07, 6.45) is -0.492. The second kappa shape index (κ2) is 5.39. The molecule has 0 heterocycles. The minimum absolute atomic E-state index is 0. The zero-order valence-corrected chi connectivity index (χ0v) is 10.6. The zero-order chi connectivity index (χ0) is 8.41. The van der Waals surface area contributed by atoms with Crippen LogP contribution in [0.1, 0.15) is 0 Å². The van der Waals surface area contributed by atoms with Gasteiger partial charge in [-0.25, -0.2) is 0 Å². The van der Waals surface area contributed by atoms with Gasteiger partial charge < -0.3 is 18.9 Å². The molecule has 0 aromatic heterocycles. The Morgan fingerprint density at radius 1 is 1.00 bits per heavy atom. The Morgan fingerprint density at radius 3 is 1.27 bits per heavy atom. The van der Waals surface area contributed by atoms with E-state index >= 15 is 0 Å². The predicted molar refractivity (Wildman–Crippen MR) is 42.5 cm³/mol. The Labute approximate surface area is 96.3 Å². The molecular weight excluding hydrogens is 214 g/mol. The van der Waals surface area contributed by atoms with Crippen molar-refractivity contribution in [1.82, 2.24) is 0 Å². The molecule has 0 aliphatic carbocycles. The molecule has 0 aliphatic heterocycles. The van der Waals surface area contributed by atoms with Gasteiger partial charge in [-0.1, -0.05) is 0 Å². The van der Waals surface area contributed by atoms with Crippen molar-refractivity contribution in [2.45, 2.75) is 0 Å². The molecule has 0 radical (unpaired) electrons. The maximum Gasteiger partial charge on any atom is 2.00 e. The quantitative estimate of drug-likeness (QED) is 0.461. The van der Waals surface area contributed by atoms with Gasteiger partial charge in [-0.15, -0.1) is 0 Å². The van der Waals surface area contributed by atoms with Crippen molar-refractivity contribution in [3.05, 3.63) is 0 Å². The largest absolute Gasteiger partial charge is 2.00 e. The van der Waals surface area contributed by atoms with Gasteiger partial charge in [0.25, 0.3) is 0 Å². The zero-order valence-electron chi connectivity index (χ0n) is 6.65. The molecule has 0 aliphatic rings. The maximum atomic E-state index is 10.4. The minimum Gasteiger partial charge on any atom is -0.799 e. The topological polar surface area (TPSA) is 80.3 Å². The molecule has 0 fully saturated rings. The predicted octanol–water partition coefficient (Wildman–Crippen LogP) is -0.858. The van der Waals surface area contributed by atoms with E-state index in [0.717, 1.165) is 13.3 Å². The van der Waals surface area contributed by atoms with E-state index in [-0.39, 0.29) is 50.1 Å². The second-order valence-electron chi connectivity index (χ2n) is 2.48. The molecule has 0 saturated heterocycles. The molecule has 4 nitrogen and oxygen atoms in total. The van der Waals surface area contributed by atoms with Gasteiger partial charge in [0.1, 0.15) is 0 Å². The van der Waals surface area contributed by atoms with Gasteiger partial charge in [0.2, 0.25) is 0 Å². The van der Waals surface area contributed by atoms with Gasteiger partial charge in [-0.3, -0.25) is 0 Å². The van der Waals surface area contributed by atoms with Crippen LogP contribution in [0.25, 0.3) is 0 Å². The average Bonchev–Trinajstić information content (AvgIpc) is 1.57. The molecule has 0 amide bonds. The average molecular weight is 224 g/mol. The van der Waals surface area contributed by atoms with Crippen molar-refractivity contribution in [3.8, 4) is 0 Å². The molecule has 0 spiro atoms. The molecule has 11 heavy (non-hydrogen) atoms. The molecule has 0 rings (SSSR count). The van der Waals surface area contributed by atoms with Crippen LogP contribution in [0, 0.1) is 0 Å². The number of hydrogen-bond acceptors (Lipinski definition) is 4. The van der Waals surface area contributed by atoms with E-state index in [0.29, 0.717) is 0 Å². The molecule has 0 bridgehead atoms. The third-order valence-corrected chi connectivity index (χ3v) is 3.34. The van der Waals surface area contributed by atoms with E-state index in [1.54, 1.807) is 0 Å². The first-order valence-electron chi connectivity index (χ1n) is 2.76. The Hall–Kier alpha value is 1.64. The molecule has 0 aromatic rings. The molecule has 7 heteroatoms. The summed E-state index contributed by atoms with van der Waals surface area (Å²) in [6, 6.07) is 0. The van der Waals surface area contributed by atoms with Crippen molar-refractivity contribution in [2.24, 2.45) is 0 Å². The van der Waals surface area contributed by atoms with Crippen LogP contribution in [0.15, 0.2) is 0 Å². The molecular formula is C4H10CaO4P2. The molecule has 0 saturated carbocycles. The Balaban J connectivity index is 0. The molecule has 0 aromatic carbocycles. The first-order chi connectivity index (χ1) is 4.21. The summed E-state index contributed by atoms with van der Waals surface area (Å²) in [7, 11) is -6.77. The maximum absolute atomic E-state index is 10.4. The van der Waals surface area contributed by atoms with Crippen molar-refractivity contribution < 1.29 is 18.9 Å². The molecule has 0 N–H and O–H groups in total. The first-order valence-corrected chi connectivity index (χ1v) is 7.27. The SMILES string of the molecule is CP(=O)([O-])CCP(C)(=O)[O-].[Ca+2]. The fourth-order valence-electron chi connectivity index (χ4n) is 0.363. The van der Waals surface area contributed by atoms with Gasteiger partial charge >= 0.3 is 37.7 Å². The van der Waals surface area contributed by atoms with Crippen molar-refractivity contribution in [1.29, 1.82) is 0 Å². The van der Waals surface area contributed by atoms with Crippen molar-refractivity contribution >= 4 is 52.5 Å². The van der Waals surface area contributed by atoms with E-state index < -0.39 is 14.7 Å². The second-order valence-corrected chi connectivity index (χ2v) is 7.43. The summed E-state index contributed by atoms with van der Waals surface area (Å²) >= 11 is 0. The first kappa shape index (κ1) is 15.1. The van der Waals surface area contributed by atoms with Gasteiger partial charge in [-0.2, -0.15) is 0 Å². The van der Waals surface area contributed by atoms with Crippen LogP contribution in [0.5, 0.6) is 0 Å². The molecule has 2 unspecified atom stereocenters. The van der Waals surface area contributed by atoms with Gasteiger partial charge in [-0.05, 0) is 25.7 Å². The normalized spacial score (nSPS) is 21.1. The van der Waals surface area contributed by atoms with E-state index in [1.807, 2.05) is 0 Å². The van der Waals surface area contributed by atoms with Crippen molar-refractivity contribution in [2.75, 3.05) is 25.7 Å². The van der Waals surface area contributed by atoms with E-state index in [9.17, 15) is 18.9 Å². The summed E-state index contributed by atoms with van der Waals surface area (Å²) in [5.74, 6) is 0. The summed E-state index contributed by atoms with van der Waals surface area (Å²) < 4.78 is 20.9. The number of hydrogen-bond donors (Lipinski definition) is 0. The summed E-state index contributed by atoms with van der Waals surface area (Å²) in [5.41, 5.74) is 0. The van der Waals surface area contributed by atoms with Gasteiger partial charge in [0.15, 0.2) is 0 Å². The monoisotopic (exact) mass is 224 g/mol. The summed E-state index contributed by atoms with van der Waals surface area (Å²) in [6.45, 7) is 2.09. The van der Waals surface area contributed by atoms with Crippen LogP contribution in [0.4, 0.5) is 0 Å². The fourth-order valence-corrected chi connectivity index (χ4v) is 3.27. The minimum atomic E-state index is -3.38. The van der Waals surface area contributed by atoms with Crippen LogP contribution in [-0.2, 0) is 9.13 Å². The Morgan fingerprint density at radius 2 is 1.18 bits per heavy atom. The fraction of sp³-hybridized carbons (Fsp3) is 1.00. The summed E-state index contributed by atoms with van der Waals surface area (Å²) in [5, 5.41) is 0. The van der Waals surface area contributed by atoms with Crippen molar-refractivity contribution in [3.63, 3.8) is 0 Å². The standard InChI is InChI=1S/C4H12O4P2.Ca/c1-9(5,6)3-4-10(2,7)8;/h3-4H2,1-2H3,(H,5,6)(H,7,8);/q;+2/p-2.